The Bertz CT molecular complexity index is 254. The topological polar surface area (TPSA) is 41.6 Å². The maximum absolute atomic E-state index is 6.10. The lowest BCUT2D eigenvalue weighted by atomic mass is 10.0. The first-order valence-corrected chi connectivity index (χ1v) is 7.41. The number of nitrogens with zero attached hydrogens (tertiary/aromatic N) is 2. The largest absolute Gasteiger partial charge is 0.370 e. The summed E-state index contributed by atoms with van der Waals surface area (Å²) in [5, 5.41) is 0. The van der Waals surface area contributed by atoms with Crippen LogP contribution in [0.5, 0.6) is 0 Å². The number of hydrogen-bond acceptors (Lipinski definition) is 3. The van der Waals surface area contributed by atoms with E-state index in [1.54, 1.807) is 0 Å². The lowest BCUT2D eigenvalue weighted by Gasteiger charge is -2.34. The van der Waals surface area contributed by atoms with Crippen molar-refractivity contribution < 1.29 is 0 Å². The SMILES string of the molecule is CCCCC1CN=C(N)N1C1CCCCCC1. The summed E-state index contributed by atoms with van der Waals surface area (Å²) in [4.78, 5) is 6.94. The summed E-state index contributed by atoms with van der Waals surface area (Å²) in [6.45, 7) is 3.19. The van der Waals surface area contributed by atoms with Gasteiger partial charge in [0, 0.05) is 6.04 Å². The molecule has 1 aliphatic carbocycles. The zero-order valence-corrected chi connectivity index (χ0v) is 11.2. The van der Waals surface area contributed by atoms with Crippen LogP contribution in [0.1, 0.15) is 64.7 Å². The number of aliphatic imine (C=N–C) groups is 1. The monoisotopic (exact) mass is 237 g/mol. The molecule has 0 saturated heterocycles. The van der Waals surface area contributed by atoms with E-state index in [0.717, 1.165) is 12.5 Å². The molecular weight excluding hydrogens is 210 g/mol. The molecule has 0 spiro atoms. The normalized spacial score (nSPS) is 27.0. The average molecular weight is 237 g/mol. The van der Waals surface area contributed by atoms with Gasteiger partial charge in [-0.2, -0.15) is 0 Å². The van der Waals surface area contributed by atoms with E-state index in [0.29, 0.717) is 12.1 Å². The van der Waals surface area contributed by atoms with Crippen molar-refractivity contribution in [3.63, 3.8) is 0 Å². The molecule has 1 heterocycles. The molecule has 0 aromatic carbocycles. The van der Waals surface area contributed by atoms with Crippen LogP contribution in [-0.4, -0.2) is 29.5 Å². The molecule has 0 bridgehead atoms. The van der Waals surface area contributed by atoms with E-state index in [4.69, 9.17) is 5.73 Å². The van der Waals surface area contributed by atoms with Crippen molar-refractivity contribution in [1.29, 1.82) is 0 Å². The Morgan fingerprint density at radius 1 is 1.24 bits per heavy atom. The fraction of sp³-hybridized carbons (Fsp3) is 0.929. The summed E-state index contributed by atoms with van der Waals surface area (Å²) < 4.78 is 0. The standard InChI is InChI=1S/C14H27N3/c1-2-3-8-13-11-16-14(15)17(13)12-9-6-4-5-7-10-12/h12-13H,2-11H2,1H3,(H2,15,16). The Balaban J connectivity index is 1.96. The molecule has 98 valence electrons. The first-order valence-electron chi connectivity index (χ1n) is 7.41. The summed E-state index contributed by atoms with van der Waals surface area (Å²) >= 11 is 0. The van der Waals surface area contributed by atoms with E-state index in [1.807, 2.05) is 0 Å². The van der Waals surface area contributed by atoms with Gasteiger partial charge in [0.05, 0.1) is 12.6 Å². The van der Waals surface area contributed by atoms with Crippen LogP contribution < -0.4 is 5.73 Å². The Morgan fingerprint density at radius 2 is 1.94 bits per heavy atom. The molecule has 0 amide bonds. The minimum Gasteiger partial charge on any atom is -0.370 e. The van der Waals surface area contributed by atoms with Crippen LogP contribution >= 0.6 is 0 Å². The molecule has 0 aromatic heterocycles. The summed E-state index contributed by atoms with van der Waals surface area (Å²) in [7, 11) is 0. The summed E-state index contributed by atoms with van der Waals surface area (Å²) in [6, 6.07) is 1.27. The van der Waals surface area contributed by atoms with Gasteiger partial charge in [0.25, 0.3) is 0 Å². The van der Waals surface area contributed by atoms with Gasteiger partial charge in [-0.15, -0.1) is 0 Å². The van der Waals surface area contributed by atoms with Crippen molar-refractivity contribution in [3.8, 4) is 0 Å². The van der Waals surface area contributed by atoms with Crippen LogP contribution in [0.4, 0.5) is 0 Å². The summed E-state index contributed by atoms with van der Waals surface area (Å²) in [6.07, 6.45) is 12.0. The number of hydrogen-bond donors (Lipinski definition) is 1. The van der Waals surface area contributed by atoms with E-state index in [9.17, 15) is 0 Å². The van der Waals surface area contributed by atoms with E-state index in [-0.39, 0.29) is 0 Å². The Hall–Kier alpha value is -0.730. The number of rotatable bonds is 4. The summed E-state index contributed by atoms with van der Waals surface area (Å²) in [5.74, 6) is 0.818. The molecule has 2 aliphatic rings. The third-order valence-corrected chi connectivity index (χ3v) is 4.23. The van der Waals surface area contributed by atoms with Gasteiger partial charge in [0.15, 0.2) is 5.96 Å². The molecule has 2 rings (SSSR count). The highest BCUT2D eigenvalue weighted by molar-refractivity contribution is 5.80. The Morgan fingerprint density at radius 3 is 2.59 bits per heavy atom. The molecule has 1 aliphatic heterocycles. The van der Waals surface area contributed by atoms with E-state index in [1.165, 1.54) is 57.8 Å². The highest BCUT2D eigenvalue weighted by Crippen LogP contribution is 2.27. The van der Waals surface area contributed by atoms with Crippen LogP contribution in [0.2, 0.25) is 0 Å². The zero-order valence-electron chi connectivity index (χ0n) is 11.2. The lowest BCUT2D eigenvalue weighted by Crippen LogP contribution is -2.47. The van der Waals surface area contributed by atoms with Crippen LogP contribution in [-0.2, 0) is 0 Å². The molecule has 1 saturated carbocycles. The molecule has 1 atom stereocenters. The zero-order chi connectivity index (χ0) is 12.1. The Labute approximate surface area is 105 Å². The van der Waals surface area contributed by atoms with E-state index < -0.39 is 0 Å². The maximum atomic E-state index is 6.10. The van der Waals surface area contributed by atoms with E-state index in [2.05, 4.69) is 16.8 Å². The van der Waals surface area contributed by atoms with Gasteiger partial charge in [0.1, 0.15) is 0 Å². The molecular formula is C14H27N3. The minimum absolute atomic E-state index is 0.595. The van der Waals surface area contributed by atoms with Gasteiger partial charge >= 0.3 is 0 Å². The van der Waals surface area contributed by atoms with Gasteiger partial charge in [0.2, 0.25) is 0 Å². The van der Waals surface area contributed by atoms with Gasteiger partial charge < -0.3 is 10.6 Å². The molecule has 0 aromatic rings. The second kappa shape index (κ2) is 6.27. The molecule has 2 N–H and O–H groups in total. The first kappa shape index (κ1) is 12.7. The fourth-order valence-corrected chi connectivity index (χ4v) is 3.25. The third kappa shape index (κ3) is 3.14. The number of nitrogens with two attached hydrogens (primary N) is 1. The van der Waals surface area contributed by atoms with Gasteiger partial charge in [-0.05, 0) is 19.3 Å². The predicted octanol–water partition coefficient (Wildman–Crippen LogP) is 2.90. The van der Waals surface area contributed by atoms with E-state index >= 15 is 0 Å². The fourth-order valence-electron chi connectivity index (χ4n) is 3.25. The van der Waals surface area contributed by atoms with Crippen LogP contribution in [0.15, 0.2) is 4.99 Å². The second-order valence-electron chi connectivity index (χ2n) is 5.55. The van der Waals surface area contributed by atoms with Crippen LogP contribution in [0, 0.1) is 0 Å². The smallest absolute Gasteiger partial charge is 0.191 e. The summed E-state index contributed by atoms with van der Waals surface area (Å²) in [5.41, 5.74) is 6.10. The molecule has 17 heavy (non-hydrogen) atoms. The van der Waals surface area contributed by atoms with Gasteiger partial charge in [-0.3, -0.25) is 4.99 Å². The van der Waals surface area contributed by atoms with Crippen molar-refractivity contribution in [3.05, 3.63) is 0 Å². The average Bonchev–Trinajstić information content (AvgIpc) is 2.57. The predicted molar refractivity (Wildman–Crippen MR) is 73.1 cm³/mol. The third-order valence-electron chi connectivity index (χ3n) is 4.23. The Kier molecular flexibility index (Phi) is 4.69. The first-order chi connectivity index (χ1) is 8.33. The van der Waals surface area contributed by atoms with Gasteiger partial charge in [-0.1, -0.05) is 45.4 Å². The second-order valence-corrected chi connectivity index (χ2v) is 5.55. The van der Waals surface area contributed by atoms with Crippen LogP contribution in [0.3, 0.4) is 0 Å². The number of guanidine groups is 1. The lowest BCUT2D eigenvalue weighted by molar-refractivity contribution is 0.223. The molecule has 1 unspecified atom stereocenters. The van der Waals surface area contributed by atoms with Crippen molar-refractivity contribution in [1.82, 2.24) is 4.90 Å². The number of unbranched alkanes of at least 4 members (excludes halogenated alkanes) is 1. The van der Waals surface area contributed by atoms with Gasteiger partial charge in [-0.25, -0.2) is 0 Å². The quantitative estimate of drug-likeness (QED) is 0.764. The minimum atomic E-state index is 0.595. The molecule has 1 fully saturated rings. The van der Waals surface area contributed by atoms with Crippen molar-refractivity contribution in [2.75, 3.05) is 6.54 Å². The molecule has 3 nitrogen and oxygen atoms in total. The highest BCUT2D eigenvalue weighted by atomic mass is 15.3. The molecule has 3 heteroatoms. The van der Waals surface area contributed by atoms with Crippen LogP contribution in [0.25, 0.3) is 0 Å². The van der Waals surface area contributed by atoms with Crippen molar-refractivity contribution >= 4 is 5.96 Å². The molecule has 0 radical (unpaired) electrons. The maximum Gasteiger partial charge on any atom is 0.191 e. The van der Waals surface area contributed by atoms with Crippen molar-refractivity contribution in [2.45, 2.75) is 76.8 Å². The van der Waals surface area contributed by atoms with Crippen molar-refractivity contribution in [2.24, 2.45) is 10.7 Å². The highest BCUT2D eigenvalue weighted by Gasteiger charge is 2.31.